The van der Waals surface area contributed by atoms with Gasteiger partial charge in [-0.05, 0) is 43.3 Å². The molecule has 0 saturated carbocycles. The number of amides is 1. The molecule has 0 fully saturated rings. The van der Waals surface area contributed by atoms with E-state index in [1.807, 2.05) is 6.07 Å². The van der Waals surface area contributed by atoms with E-state index >= 15 is 0 Å². The zero-order valence-electron chi connectivity index (χ0n) is 10.7. The smallest absolute Gasteiger partial charge is 0.297 e. The van der Waals surface area contributed by atoms with E-state index in [9.17, 15) is 4.79 Å². The minimum atomic E-state index is -0.678. The molecule has 1 N–H and O–H groups in total. The molecule has 0 aliphatic heterocycles. The number of aromatic nitrogens is 1. The van der Waals surface area contributed by atoms with E-state index in [4.69, 9.17) is 16.4 Å². The second kappa shape index (κ2) is 6.68. The van der Waals surface area contributed by atoms with Gasteiger partial charge < -0.3 is 0 Å². The van der Waals surface area contributed by atoms with Crippen LogP contribution in [-0.2, 0) is 4.84 Å². The highest BCUT2D eigenvalue weighted by molar-refractivity contribution is 6.30. The molecule has 102 valence electrons. The number of carbonyl (C=O) groups excluding carboxylic acids is 1. The van der Waals surface area contributed by atoms with Crippen molar-refractivity contribution in [3.63, 3.8) is 0 Å². The quantitative estimate of drug-likeness (QED) is 0.532. The van der Waals surface area contributed by atoms with Crippen molar-refractivity contribution in [3.05, 3.63) is 59.4 Å². The Labute approximate surface area is 121 Å². The topological polar surface area (TPSA) is 63.6 Å². The Morgan fingerprint density at radius 1 is 1.25 bits per heavy atom. The van der Waals surface area contributed by atoms with Crippen LogP contribution in [0, 0.1) is 0 Å². The fourth-order valence-corrected chi connectivity index (χ4v) is 1.53. The number of benzene rings is 1. The minimum Gasteiger partial charge on any atom is -0.297 e. The average molecular weight is 290 g/mol. The fraction of sp³-hybridized carbons (Fsp3) is 0.0714. The largest absolute Gasteiger partial charge is 0.437 e. The molecule has 1 aromatic heterocycles. The number of oxime groups is 1. The van der Waals surface area contributed by atoms with Crippen molar-refractivity contribution >= 4 is 29.1 Å². The Kier molecular flexibility index (Phi) is 4.68. The number of anilines is 1. The third kappa shape index (κ3) is 4.07. The van der Waals surface area contributed by atoms with Gasteiger partial charge in [0.05, 0.1) is 5.69 Å². The number of rotatable bonds is 3. The lowest BCUT2D eigenvalue weighted by Gasteiger charge is -2.03. The molecule has 1 heterocycles. The predicted octanol–water partition coefficient (Wildman–Crippen LogP) is 3.71. The maximum Gasteiger partial charge on any atom is 0.437 e. The van der Waals surface area contributed by atoms with Gasteiger partial charge in [-0.2, -0.15) is 0 Å². The first-order chi connectivity index (χ1) is 9.65. The van der Waals surface area contributed by atoms with Crippen LogP contribution in [0.15, 0.2) is 53.8 Å². The number of carbonyl (C=O) groups is 1. The van der Waals surface area contributed by atoms with E-state index in [2.05, 4.69) is 15.5 Å². The zero-order valence-corrected chi connectivity index (χ0v) is 11.5. The summed E-state index contributed by atoms with van der Waals surface area (Å²) in [5.74, 6) is 0. The molecule has 0 radical (unpaired) electrons. The van der Waals surface area contributed by atoms with Crippen LogP contribution in [0.5, 0.6) is 0 Å². The van der Waals surface area contributed by atoms with Gasteiger partial charge in [0.15, 0.2) is 0 Å². The SMILES string of the molecule is C/C(=N/OC(=O)Nc1ccc(Cl)cc1)c1ccccn1. The summed E-state index contributed by atoms with van der Waals surface area (Å²) in [6.45, 7) is 1.71. The van der Waals surface area contributed by atoms with Crippen molar-refractivity contribution in [2.75, 3.05) is 5.32 Å². The molecule has 5 nitrogen and oxygen atoms in total. The molecule has 0 aliphatic carbocycles. The number of hydrogen-bond acceptors (Lipinski definition) is 4. The van der Waals surface area contributed by atoms with Crippen LogP contribution in [-0.4, -0.2) is 16.8 Å². The Bertz CT molecular complexity index is 612. The summed E-state index contributed by atoms with van der Waals surface area (Å²) in [6.07, 6.45) is 0.963. The zero-order chi connectivity index (χ0) is 14.4. The highest BCUT2D eigenvalue weighted by Crippen LogP contribution is 2.13. The highest BCUT2D eigenvalue weighted by Gasteiger charge is 2.04. The van der Waals surface area contributed by atoms with Gasteiger partial charge in [0, 0.05) is 16.9 Å². The molecule has 1 aromatic carbocycles. The van der Waals surface area contributed by atoms with Gasteiger partial charge in [-0.3, -0.25) is 15.1 Å². The molecule has 0 spiro atoms. The van der Waals surface area contributed by atoms with E-state index in [1.54, 1.807) is 49.5 Å². The van der Waals surface area contributed by atoms with Gasteiger partial charge in [-0.1, -0.05) is 22.8 Å². The van der Waals surface area contributed by atoms with Crippen LogP contribution < -0.4 is 5.32 Å². The van der Waals surface area contributed by atoms with Crippen molar-refractivity contribution < 1.29 is 9.63 Å². The maximum atomic E-state index is 11.5. The van der Waals surface area contributed by atoms with Crippen LogP contribution >= 0.6 is 11.6 Å². The standard InChI is InChI=1S/C14H12ClN3O2/c1-10(13-4-2-3-9-16-13)18-20-14(19)17-12-7-5-11(15)6-8-12/h2-9H,1H3,(H,17,19)/b18-10-. The average Bonchev–Trinajstić information content (AvgIpc) is 2.48. The van der Waals surface area contributed by atoms with E-state index < -0.39 is 6.09 Å². The molecular formula is C14H12ClN3O2. The Morgan fingerprint density at radius 2 is 2.00 bits per heavy atom. The molecule has 20 heavy (non-hydrogen) atoms. The van der Waals surface area contributed by atoms with Crippen LogP contribution in [0.25, 0.3) is 0 Å². The second-order valence-electron chi connectivity index (χ2n) is 3.90. The number of hydrogen-bond donors (Lipinski definition) is 1. The molecule has 2 aromatic rings. The van der Waals surface area contributed by atoms with Gasteiger partial charge in [0.1, 0.15) is 5.71 Å². The number of nitrogens with zero attached hydrogens (tertiary/aromatic N) is 2. The van der Waals surface area contributed by atoms with Gasteiger partial charge in [0.25, 0.3) is 0 Å². The van der Waals surface area contributed by atoms with Crippen LogP contribution in [0.2, 0.25) is 5.02 Å². The number of pyridine rings is 1. The third-order valence-corrected chi connectivity index (χ3v) is 2.64. The minimum absolute atomic E-state index is 0.511. The third-order valence-electron chi connectivity index (χ3n) is 2.39. The lowest BCUT2D eigenvalue weighted by Crippen LogP contribution is -2.12. The van der Waals surface area contributed by atoms with E-state index in [-0.39, 0.29) is 0 Å². The molecule has 0 atom stereocenters. The monoisotopic (exact) mass is 289 g/mol. The summed E-state index contributed by atoms with van der Waals surface area (Å²) < 4.78 is 0. The maximum absolute atomic E-state index is 11.5. The summed E-state index contributed by atoms with van der Waals surface area (Å²) in [5, 5.41) is 6.84. The van der Waals surface area contributed by atoms with Gasteiger partial charge in [-0.25, -0.2) is 4.79 Å². The van der Waals surface area contributed by atoms with Crippen molar-refractivity contribution in [2.24, 2.45) is 5.16 Å². The number of halogens is 1. The summed E-state index contributed by atoms with van der Waals surface area (Å²) in [7, 11) is 0. The molecule has 0 bridgehead atoms. The Balaban J connectivity index is 1.93. The summed E-state index contributed by atoms with van der Waals surface area (Å²) in [6, 6.07) is 12.1. The lowest BCUT2D eigenvalue weighted by atomic mass is 10.3. The first-order valence-electron chi connectivity index (χ1n) is 5.85. The molecule has 0 aliphatic rings. The summed E-state index contributed by atoms with van der Waals surface area (Å²) >= 11 is 5.75. The summed E-state index contributed by atoms with van der Waals surface area (Å²) in [5.41, 5.74) is 1.73. The highest BCUT2D eigenvalue weighted by atomic mass is 35.5. The normalized spacial score (nSPS) is 11.0. The van der Waals surface area contributed by atoms with Crippen molar-refractivity contribution in [1.82, 2.24) is 4.98 Å². The van der Waals surface area contributed by atoms with Crippen LogP contribution in [0.1, 0.15) is 12.6 Å². The van der Waals surface area contributed by atoms with E-state index in [0.717, 1.165) is 0 Å². The van der Waals surface area contributed by atoms with Gasteiger partial charge in [-0.15, -0.1) is 0 Å². The molecule has 6 heteroatoms. The van der Waals surface area contributed by atoms with Gasteiger partial charge >= 0.3 is 6.09 Å². The molecule has 1 amide bonds. The van der Waals surface area contributed by atoms with Crippen LogP contribution in [0.4, 0.5) is 10.5 Å². The molecule has 0 saturated heterocycles. The molecule has 0 unspecified atom stereocenters. The summed E-state index contributed by atoms with van der Waals surface area (Å²) in [4.78, 5) is 20.4. The Morgan fingerprint density at radius 3 is 2.65 bits per heavy atom. The first-order valence-corrected chi connectivity index (χ1v) is 6.22. The molecule has 2 rings (SSSR count). The van der Waals surface area contributed by atoms with Crippen LogP contribution in [0.3, 0.4) is 0 Å². The van der Waals surface area contributed by atoms with Gasteiger partial charge in [0.2, 0.25) is 0 Å². The first kappa shape index (κ1) is 14.0. The molecular weight excluding hydrogens is 278 g/mol. The fourth-order valence-electron chi connectivity index (χ4n) is 1.41. The Hall–Kier alpha value is -2.40. The number of nitrogens with one attached hydrogen (secondary N) is 1. The van der Waals surface area contributed by atoms with Crippen molar-refractivity contribution in [1.29, 1.82) is 0 Å². The second-order valence-corrected chi connectivity index (χ2v) is 4.34. The lowest BCUT2D eigenvalue weighted by molar-refractivity contribution is 0.166. The van der Waals surface area contributed by atoms with Crippen molar-refractivity contribution in [3.8, 4) is 0 Å². The van der Waals surface area contributed by atoms with Crippen molar-refractivity contribution in [2.45, 2.75) is 6.92 Å². The predicted molar refractivity (Wildman–Crippen MR) is 78.0 cm³/mol. The van der Waals surface area contributed by atoms with E-state index in [0.29, 0.717) is 22.1 Å². The van der Waals surface area contributed by atoms with E-state index in [1.165, 1.54) is 0 Å².